The molecule has 4 nitrogen and oxygen atoms in total. The molecule has 0 saturated carbocycles. The van der Waals surface area contributed by atoms with E-state index in [1.807, 2.05) is 63.2 Å². The summed E-state index contributed by atoms with van der Waals surface area (Å²) in [5.41, 5.74) is 1.84. The van der Waals surface area contributed by atoms with E-state index in [0.29, 0.717) is 16.4 Å². The molecule has 2 aromatic rings. The number of ether oxygens (including phenoxy) is 1. The van der Waals surface area contributed by atoms with Gasteiger partial charge in [-0.05, 0) is 32.4 Å². The number of allylic oxidation sites excluding steroid dienone is 3. The van der Waals surface area contributed by atoms with Gasteiger partial charge in [-0.2, -0.15) is 0 Å². The van der Waals surface area contributed by atoms with Crippen molar-refractivity contribution in [1.29, 1.82) is 0 Å². The van der Waals surface area contributed by atoms with Crippen molar-refractivity contribution in [1.82, 2.24) is 4.90 Å². The minimum Gasteiger partial charge on any atom is -0.460 e. The van der Waals surface area contributed by atoms with Crippen molar-refractivity contribution in [2.45, 2.75) is 20.8 Å². The van der Waals surface area contributed by atoms with Crippen LogP contribution in [0, 0.1) is 19.3 Å². The first-order valence-electron chi connectivity index (χ1n) is 9.24. The van der Waals surface area contributed by atoms with E-state index in [1.165, 1.54) is 17.8 Å². The molecule has 0 aromatic heterocycles. The fraction of sp³-hybridized carbons (Fsp3) is 0.250. The fourth-order valence-electron chi connectivity index (χ4n) is 2.80. The van der Waals surface area contributed by atoms with Gasteiger partial charge >= 0.3 is 0 Å². The minimum atomic E-state index is -0.134. The van der Waals surface area contributed by atoms with E-state index in [4.69, 9.17) is 11.2 Å². The van der Waals surface area contributed by atoms with Crippen LogP contribution in [0.4, 0.5) is 5.69 Å². The Hall–Kier alpha value is -2.97. The van der Waals surface area contributed by atoms with Crippen LogP contribution in [0.3, 0.4) is 0 Å². The van der Waals surface area contributed by atoms with E-state index >= 15 is 0 Å². The van der Waals surface area contributed by atoms with Crippen molar-refractivity contribution in [3.63, 3.8) is 0 Å². The summed E-state index contributed by atoms with van der Waals surface area (Å²) in [6.07, 6.45) is 10.4. The smallest absolute Gasteiger partial charge is 0.197 e. The number of fused-ring (bicyclic) bond motifs is 1. The molecule has 0 atom stereocenters. The van der Waals surface area contributed by atoms with E-state index in [2.05, 4.69) is 10.9 Å². The Labute approximate surface area is 177 Å². The van der Waals surface area contributed by atoms with Crippen LogP contribution in [0.15, 0.2) is 58.3 Å². The van der Waals surface area contributed by atoms with E-state index < -0.39 is 0 Å². The highest BCUT2D eigenvalue weighted by molar-refractivity contribution is 8.04. The highest BCUT2D eigenvalue weighted by Gasteiger charge is 2.16. The number of hydrogen-bond acceptors (Lipinski definition) is 5. The second-order valence-corrected chi connectivity index (χ2v) is 7.58. The number of ketones is 1. The van der Waals surface area contributed by atoms with Crippen molar-refractivity contribution >= 4 is 40.2 Å². The van der Waals surface area contributed by atoms with Crippen molar-refractivity contribution in [3.05, 3.63) is 58.8 Å². The first-order chi connectivity index (χ1) is 13.9. The molecule has 0 heterocycles. The highest BCUT2D eigenvalue weighted by Crippen LogP contribution is 2.38. The average molecular weight is 407 g/mol. The third kappa shape index (κ3) is 5.75. The summed E-state index contributed by atoms with van der Waals surface area (Å²) >= 11 is 1.31. The second kappa shape index (κ2) is 10.5. The molecule has 0 spiro atoms. The lowest BCUT2D eigenvalue weighted by Gasteiger charge is -2.16. The summed E-state index contributed by atoms with van der Waals surface area (Å²) < 4.78 is 6.25. The number of rotatable bonds is 8. The van der Waals surface area contributed by atoms with Gasteiger partial charge in [-0.25, -0.2) is 0 Å². The molecule has 0 aliphatic heterocycles. The van der Waals surface area contributed by atoms with E-state index in [0.717, 1.165) is 27.8 Å². The predicted molar refractivity (Wildman–Crippen MR) is 125 cm³/mol. The van der Waals surface area contributed by atoms with Gasteiger partial charge in [0.15, 0.2) is 5.78 Å². The first kappa shape index (κ1) is 22.3. The van der Waals surface area contributed by atoms with Gasteiger partial charge in [-0.15, -0.1) is 18.2 Å². The summed E-state index contributed by atoms with van der Waals surface area (Å²) in [6, 6.07) is 9.95. The fourth-order valence-corrected chi connectivity index (χ4v) is 3.48. The van der Waals surface area contributed by atoms with Gasteiger partial charge in [0.1, 0.15) is 11.5 Å². The molecule has 2 aromatic carbocycles. The third-order valence-electron chi connectivity index (χ3n) is 4.05. The van der Waals surface area contributed by atoms with E-state index in [1.54, 1.807) is 19.3 Å². The molecule has 0 bridgehead atoms. The van der Waals surface area contributed by atoms with Crippen molar-refractivity contribution in [2.24, 2.45) is 4.99 Å². The molecule has 2 rings (SSSR count). The minimum absolute atomic E-state index is 0.134. The molecule has 0 radical (unpaired) electrons. The van der Waals surface area contributed by atoms with Crippen LogP contribution >= 0.6 is 11.8 Å². The number of benzene rings is 2. The van der Waals surface area contributed by atoms with E-state index in [-0.39, 0.29) is 5.78 Å². The van der Waals surface area contributed by atoms with Crippen molar-refractivity contribution < 1.29 is 9.53 Å². The standard InChI is InChI=1S/C24H26N2O2S/c1-7-15-29-24(22(27)13-14-26(5)6)18(4)28-23-17(3)16-21(25-8-2)19-11-9-10-12-20(19)23/h1,8-14,16H,15H2,2-6H3/b14-13+,24-18+,25-8?. The molecular formula is C24H26N2O2S. The Balaban J connectivity index is 2.55. The number of aryl methyl sites for hydroxylation is 1. The number of terminal acetylenes is 1. The van der Waals surface area contributed by atoms with Gasteiger partial charge in [0.2, 0.25) is 0 Å². The average Bonchev–Trinajstić information content (AvgIpc) is 2.69. The molecule has 150 valence electrons. The largest absolute Gasteiger partial charge is 0.460 e. The van der Waals surface area contributed by atoms with Gasteiger partial charge in [0.25, 0.3) is 0 Å². The molecule has 5 heteroatoms. The molecule has 0 aliphatic carbocycles. The maximum Gasteiger partial charge on any atom is 0.197 e. The summed E-state index contributed by atoms with van der Waals surface area (Å²) in [4.78, 5) is 19.5. The van der Waals surface area contributed by atoms with Crippen molar-refractivity contribution in [2.75, 3.05) is 19.8 Å². The molecule has 0 fully saturated rings. The Morgan fingerprint density at radius 1 is 1.31 bits per heavy atom. The zero-order valence-corrected chi connectivity index (χ0v) is 18.3. The molecule has 0 unspecified atom stereocenters. The quantitative estimate of drug-likeness (QED) is 0.252. The van der Waals surface area contributed by atoms with Crippen LogP contribution in [0.1, 0.15) is 19.4 Å². The number of carbonyl (C=O) groups is 1. The van der Waals surface area contributed by atoms with Crippen LogP contribution in [0.5, 0.6) is 5.75 Å². The highest BCUT2D eigenvalue weighted by atomic mass is 32.2. The van der Waals surface area contributed by atoms with Gasteiger partial charge in [-0.3, -0.25) is 9.79 Å². The van der Waals surface area contributed by atoms with Crippen LogP contribution in [0.25, 0.3) is 10.8 Å². The number of thioether (sulfide) groups is 1. The zero-order chi connectivity index (χ0) is 21.4. The lowest BCUT2D eigenvalue weighted by molar-refractivity contribution is -0.110. The molecular weight excluding hydrogens is 380 g/mol. The molecule has 0 aliphatic rings. The Kier molecular flexibility index (Phi) is 8.11. The monoisotopic (exact) mass is 406 g/mol. The Morgan fingerprint density at radius 3 is 2.62 bits per heavy atom. The van der Waals surface area contributed by atoms with Gasteiger partial charge < -0.3 is 9.64 Å². The summed E-state index contributed by atoms with van der Waals surface area (Å²) in [5.74, 6) is 4.07. The maximum atomic E-state index is 12.7. The third-order valence-corrected chi connectivity index (χ3v) is 5.14. The predicted octanol–water partition coefficient (Wildman–Crippen LogP) is 5.49. The van der Waals surface area contributed by atoms with Crippen LogP contribution in [-0.4, -0.2) is 36.7 Å². The topological polar surface area (TPSA) is 41.9 Å². The number of nitrogens with zero attached hydrogens (tertiary/aromatic N) is 2. The molecule has 0 saturated heterocycles. The van der Waals surface area contributed by atoms with Gasteiger partial charge in [0.05, 0.1) is 16.3 Å². The lowest BCUT2D eigenvalue weighted by atomic mass is 10.0. The summed E-state index contributed by atoms with van der Waals surface area (Å²) in [5, 5.41) is 1.95. The van der Waals surface area contributed by atoms with Gasteiger partial charge in [-0.1, -0.05) is 30.2 Å². The summed E-state index contributed by atoms with van der Waals surface area (Å²) in [7, 11) is 3.72. The Morgan fingerprint density at radius 2 is 2.00 bits per heavy atom. The molecule has 0 amide bonds. The van der Waals surface area contributed by atoms with Crippen molar-refractivity contribution in [3.8, 4) is 18.1 Å². The lowest BCUT2D eigenvalue weighted by Crippen LogP contribution is -2.07. The van der Waals surface area contributed by atoms with Crippen LogP contribution in [0.2, 0.25) is 0 Å². The van der Waals surface area contributed by atoms with E-state index in [9.17, 15) is 4.79 Å². The Bertz CT molecular complexity index is 1030. The number of carbonyl (C=O) groups excluding carboxylic acids is 1. The zero-order valence-electron chi connectivity index (χ0n) is 17.5. The number of aliphatic imine (C=N–C) groups is 1. The van der Waals surface area contributed by atoms with Crippen LogP contribution in [-0.2, 0) is 4.79 Å². The number of hydrogen-bond donors (Lipinski definition) is 0. The molecule has 0 N–H and O–H groups in total. The molecule has 29 heavy (non-hydrogen) atoms. The first-order valence-corrected chi connectivity index (χ1v) is 10.2. The summed E-state index contributed by atoms with van der Waals surface area (Å²) in [6.45, 7) is 5.67. The normalized spacial score (nSPS) is 12.3. The SMILES string of the molecule is C#CCS/C(C(=O)/C=C/N(C)C)=C(\C)Oc1c(C)cc(N=CC)c2ccccc12. The maximum absolute atomic E-state index is 12.7. The van der Waals surface area contributed by atoms with Gasteiger partial charge in [0, 0.05) is 43.4 Å². The van der Waals surface area contributed by atoms with Crippen LogP contribution < -0.4 is 4.74 Å². The second-order valence-electron chi connectivity index (χ2n) is 6.60.